The highest BCUT2D eigenvalue weighted by molar-refractivity contribution is 7.98. The van der Waals surface area contributed by atoms with Crippen molar-refractivity contribution in [2.45, 2.75) is 4.90 Å². The molecule has 2 heterocycles. The predicted molar refractivity (Wildman–Crippen MR) is 71.7 cm³/mol. The maximum absolute atomic E-state index is 10.9. The third kappa shape index (κ3) is 2.20. The molecule has 0 bridgehead atoms. The van der Waals surface area contributed by atoms with Crippen LogP contribution in [0.2, 0.25) is 0 Å². The summed E-state index contributed by atoms with van der Waals surface area (Å²) < 4.78 is 16.2. The number of carboxylic acids is 1. The first-order chi connectivity index (χ1) is 9.69. The van der Waals surface area contributed by atoms with Crippen LogP contribution in [0.5, 0.6) is 11.5 Å². The summed E-state index contributed by atoms with van der Waals surface area (Å²) in [5, 5.41) is 12.4. The molecule has 20 heavy (non-hydrogen) atoms. The highest BCUT2D eigenvalue weighted by Gasteiger charge is 2.20. The third-order valence-corrected chi connectivity index (χ3v) is 3.64. The summed E-state index contributed by atoms with van der Waals surface area (Å²) in [4.78, 5) is 11.8. The summed E-state index contributed by atoms with van der Waals surface area (Å²) in [6, 6.07) is 5.04. The van der Waals surface area contributed by atoms with Crippen LogP contribution in [0.15, 0.2) is 27.6 Å². The van der Waals surface area contributed by atoms with Crippen LogP contribution in [0.1, 0.15) is 10.5 Å². The smallest absolute Gasteiger partial charge is 0.358 e. The molecular formula is C13H11NO5S. The number of hydrogen-bond acceptors (Lipinski definition) is 6. The van der Waals surface area contributed by atoms with Gasteiger partial charge < -0.3 is 19.1 Å². The van der Waals surface area contributed by atoms with Crippen LogP contribution in [0.25, 0.3) is 11.3 Å². The number of carboxylic acid groups (broad SMARTS) is 1. The molecule has 0 radical (unpaired) electrons. The zero-order valence-corrected chi connectivity index (χ0v) is 11.4. The molecule has 1 aromatic heterocycles. The first-order valence-corrected chi connectivity index (χ1v) is 7.09. The van der Waals surface area contributed by atoms with Crippen LogP contribution in [-0.4, -0.2) is 35.7 Å². The molecule has 0 unspecified atom stereocenters. The minimum absolute atomic E-state index is 0.123. The van der Waals surface area contributed by atoms with Crippen molar-refractivity contribution in [2.24, 2.45) is 0 Å². The van der Waals surface area contributed by atoms with E-state index in [4.69, 9.17) is 19.1 Å². The highest BCUT2D eigenvalue weighted by Crippen LogP contribution is 2.41. The lowest BCUT2D eigenvalue weighted by molar-refractivity contribution is 0.0686. The summed E-state index contributed by atoms with van der Waals surface area (Å²) in [5.74, 6) is 0.576. The van der Waals surface area contributed by atoms with Crippen molar-refractivity contribution < 1.29 is 23.9 Å². The predicted octanol–water partition coefficient (Wildman–Crippen LogP) is 2.53. The minimum atomic E-state index is -1.12. The second-order valence-electron chi connectivity index (χ2n) is 4.08. The van der Waals surface area contributed by atoms with E-state index in [1.807, 2.05) is 12.3 Å². The van der Waals surface area contributed by atoms with Gasteiger partial charge in [-0.05, 0) is 18.4 Å². The molecule has 104 valence electrons. The van der Waals surface area contributed by atoms with Gasteiger partial charge in [0.1, 0.15) is 13.2 Å². The second-order valence-corrected chi connectivity index (χ2v) is 4.93. The number of thioether (sulfide) groups is 1. The Labute approximate surface area is 118 Å². The van der Waals surface area contributed by atoms with Gasteiger partial charge in [-0.3, -0.25) is 0 Å². The van der Waals surface area contributed by atoms with Crippen LogP contribution in [-0.2, 0) is 0 Å². The molecule has 2 aromatic rings. The average Bonchev–Trinajstić information content (AvgIpc) is 2.95. The molecule has 6 nitrogen and oxygen atoms in total. The van der Waals surface area contributed by atoms with Gasteiger partial charge in [0, 0.05) is 16.5 Å². The number of ether oxygens (including phenoxy) is 2. The number of rotatable bonds is 3. The fraction of sp³-hybridized carbons (Fsp3) is 0.231. The monoisotopic (exact) mass is 293 g/mol. The standard InChI is InChI=1S/C13H11NO5S/c1-20-12-6-11-10(17-2-3-18-11)4-7(12)9-5-8(13(15)16)14-19-9/h4-6H,2-3H2,1H3,(H,15,16). The van der Waals surface area contributed by atoms with Crippen molar-refractivity contribution in [2.75, 3.05) is 19.5 Å². The molecule has 0 saturated heterocycles. The van der Waals surface area contributed by atoms with Gasteiger partial charge in [-0.15, -0.1) is 11.8 Å². The molecule has 0 fully saturated rings. The molecule has 1 aromatic carbocycles. The number of benzene rings is 1. The zero-order valence-electron chi connectivity index (χ0n) is 10.6. The lowest BCUT2D eigenvalue weighted by Crippen LogP contribution is -2.15. The van der Waals surface area contributed by atoms with E-state index in [2.05, 4.69) is 5.16 Å². The normalized spacial score (nSPS) is 13.2. The molecule has 1 aliphatic rings. The van der Waals surface area contributed by atoms with Crippen molar-refractivity contribution >= 4 is 17.7 Å². The lowest BCUT2D eigenvalue weighted by atomic mass is 10.1. The van der Waals surface area contributed by atoms with Gasteiger partial charge in [-0.2, -0.15) is 0 Å². The highest BCUT2D eigenvalue weighted by atomic mass is 32.2. The van der Waals surface area contributed by atoms with Crippen molar-refractivity contribution in [3.8, 4) is 22.8 Å². The summed E-state index contributed by atoms with van der Waals surface area (Å²) >= 11 is 1.51. The van der Waals surface area contributed by atoms with Crippen LogP contribution < -0.4 is 9.47 Å². The van der Waals surface area contributed by atoms with Gasteiger partial charge in [0.15, 0.2) is 23.0 Å². The molecule has 3 rings (SSSR count). The Morgan fingerprint density at radius 1 is 1.25 bits per heavy atom. The van der Waals surface area contributed by atoms with E-state index >= 15 is 0 Å². The number of aromatic nitrogens is 1. The van der Waals surface area contributed by atoms with Crippen molar-refractivity contribution in [1.29, 1.82) is 0 Å². The molecule has 1 aliphatic heterocycles. The Morgan fingerprint density at radius 3 is 2.55 bits per heavy atom. The Morgan fingerprint density at radius 2 is 1.95 bits per heavy atom. The van der Waals surface area contributed by atoms with Gasteiger partial charge in [0.05, 0.1) is 0 Å². The number of fused-ring (bicyclic) bond motifs is 1. The molecule has 0 atom stereocenters. The Hall–Kier alpha value is -2.15. The Kier molecular flexibility index (Phi) is 3.27. The van der Waals surface area contributed by atoms with E-state index in [1.165, 1.54) is 17.8 Å². The number of hydrogen-bond donors (Lipinski definition) is 1. The quantitative estimate of drug-likeness (QED) is 0.871. The zero-order chi connectivity index (χ0) is 14.1. The molecular weight excluding hydrogens is 282 g/mol. The average molecular weight is 293 g/mol. The number of nitrogens with zero attached hydrogens (tertiary/aromatic N) is 1. The first kappa shape index (κ1) is 12.9. The largest absolute Gasteiger partial charge is 0.486 e. The van der Waals surface area contributed by atoms with E-state index in [0.29, 0.717) is 30.5 Å². The van der Waals surface area contributed by atoms with E-state index in [1.54, 1.807) is 6.07 Å². The minimum Gasteiger partial charge on any atom is -0.486 e. The molecule has 0 amide bonds. The fourth-order valence-electron chi connectivity index (χ4n) is 1.93. The van der Waals surface area contributed by atoms with Gasteiger partial charge in [-0.25, -0.2) is 4.79 Å². The molecule has 0 spiro atoms. The molecule has 0 aliphatic carbocycles. The molecule has 1 N–H and O–H groups in total. The van der Waals surface area contributed by atoms with Crippen molar-refractivity contribution in [3.05, 3.63) is 23.9 Å². The van der Waals surface area contributed by atoms with Gasteiger partial charge in [0.2, 0.25) is 0 Å². The summed E-state index contributed by atoms with van der Waals surface area (Å²) in [6.07, 6.45) is 1.92. The van der Waals surface area contributed by atoms with E-state index in [-0.39, 0.29) is 5.69 Å². The Balaban J connectivity index is 2.08. The first-order valence-electron chi connectivity index (χ1n) is 5.87. The van der Waals surface area contributed by atoms with Crippen molar-refractivity contribution in [1.82, 2.24) is 5.16 Å². The molecule has 0 saturated carbocycles. The van der Waals surface area contributed by atoms with E-state index in [9.17, 15) is 4.79 Å². The van der Waals surface area contributed by atoms with Crippen LogP contribution in [0.4, 0.5) is 0 Å². The number of aromatic carboxylic acids is 1. The summed E-state index contributed by atoms with van der Waals surface area (Å²) in [5.41, 5.74) is 0.615. The Bertz CT molecular complexity index is 667. The van der Waals surface area contributed by atoms with E-state index in [0.717, 1.165) is 10.5 Å². The maximum atomic E-state index is 10.9. The maximum Gasteiger partial charge on any atom is 0.358 e. The molecule has 7 heteroatoms. The van der Waals surface area contributed by atoms with Crippen LogP contribution in [0, 0.1) is 0 Å². The van der Waals surface area contributed by atoms with Crippen LogP contribution in [0.3, 0.4) is 0 Å². The lowest BCUT2D eigenvalue weighted by Gasteiger charge is -2.20. The summed E-state index contributed by atoms with van der Waals surface area (Å²) in [7, 11) is 0. The van der Waals surface area contributed by atoms with E-state index < -0.39 is 5.97 Å². The van der Waals surface area contributed by atoms with Crippen LogP contribution >= 0.6 is 11.8 Å². The second kappa shape index (κ2) is 5.09. The fourth-order valence-corrected chi connectivity index (χ4v) is 2.54. The van der Waals surface area contributed by atoms with Crippen molar-refractivity contribution in [3.63, 3.8) is 0 Å². The number of carbonyl (C=O) groups is 1. The van der Waals surface area contributed by atoms with Gasteiger partial charge >= 0.3 is 5.97 Å². The third-order valence-electron chi connectivity index (χ3n) is 2.86. The topological polar surface area (TPSA) is 81.8 Å². The van der Waals surface area contributed by atoms with Gasteiger partial charge in [0.25, 0.3) is 0 Å². The summed E-state index contributed by atoms with van der Waals surface area (Å²) in [6.45, 7) is 1.01. The van der Waals surface area contributed by atoms with Gasteiger partial charge in [-0.1, -0.05) is 5.16 Å². The SMILES string of the molecule is CSc1cc2c(cc1-c1cc(C(=O)O)no1)OCCO2.